The van der Waals surface area contributed by atoms with Crippen LogP contribution in [0.5, 0.6) is 0 Å². The highest BCUT2D eigenvalue weighted by atomic mass is 35.5. The molecule has 0 radical (unpaired) electrons. The molecule has 10 heteroatoms. The number of hydrogen-bond acceptors (Lipinski definition) is 4. The molecule has 0 spiro atoms. The van der Waals surface area contributed by atoms with Crippen molar-refractivity contribution in [3.05, 3.63) is 130 Å². The maximum atomic E-state index is 14.6. The Morgan fingerprint density at radius 3 is 2.04 bits per heavy atom. The molecule has 4 aromatic carbocycles. The van der Waals surface area contributed by atoms with E-state index in [-0.39, 0.29) is 35.4 Å². The van der Waals surface area contributed by atoms with Gasteiger partial charge in [-0.3, -0.25) is 13.9 Å². The van der Waals surface area contributed by atoms with E-state index in [4.69, 9.17) is 23.2 Å². The summed E-state index contributed by atoms with van der Waals surface area (Å²) in [5.74, 6) is -0.741. The Kier molecular flexibility index (Phi) is 11.7. The Bertz CT molecular complexity index is 1720. The van der Waals surface area contributed by atoms with Gasteiger partial charge in [-0.05, 0) is 59.9 Å². The van der Waals surface area contributed by atoms with E-state index in [1.54, 1.807) is 67.6 Å². The van der Waals surface area contributed by atoms with Gasteiger partial charge in [0.2, 0.25) is 11.8 Å². The predicted octanol–water partition coefficient (Wildman–Crippen LogP) is 6.91. The van der Waals surface area contributed by atoms with Crippen molar-refractivity contribution in [3.8, 4) is 0 Å². The van der Waals surface area contributed by atoms with Gasteiger partial charge in [0.25, 0.3) is 10.0 Å². The van der Waals surface area contributed by atoms with Crippen molar-refractivity contribution in [2.24, 2.45) is 5.92 Å². The first-order chi connectivity index (χ1) is 21.5. The van der Waals surface area contributed by atoms with Crippen molar-refractivity contribution >= 4 is 50.7 Å². The number of amides is 2. The number of rotatable bonds is 13. The van der Waals surface area contributed by atoms with Crippen molar-refractivity contribution in [2.45, 2.75) is 44.7 Å². The standard InChI is InChI=1S/C35H37Cl2N3O4S/c1-25(2)22-38-35(42)33(21-27-13-6-4-7-14-27)39(23-28-15-10-11-18-31(28)37)34(41)24-40(32-20-12-19-30(36)26(32)3)45(43,44)29-16-8-5-9-17-29/h4-20,25,33H,21-24H2,1-3H3,(H,38,42). The number of sulfonamides is 1. The highest BCUT2D eigenvalue weighted by molar-refractivity contribution is 7.92. The molecule has 0 bridgehead atoms. The topological polar surface area (TPSA) is 86.8 Å². The SMILES string of the molecule is Cc1c(Cl)cccc1N(CC(=O)N(Cc1ccccc1Cl)C(Cc1ccccc1)C(=O)NCC(C)C)S(=O)(=O)c1ccccc1. The van der Waals surface area contributed by atoms with Gasteiger partial charge in [0.15, 0.2) is 0 Å². The number of carbonyl (C=O) groups is 2. The Hall–Kier alpha value is -3.85. The van der Waals surface area contributed by atoms with Gasteiger partial charge < -0.3 is 10.2 Å². The molecule has 1 N–H and O–H groups in total. The number of nitrogens with one attached hydrogen (secondary N) is 1. The van der Waals surface area contributed by atoms with Gasteiger partial charge in [-0.2, -0.15) is 0 Å². The van der Waals surface area contributed by atoms with Gasteiger partial charge >= 0.3 is 0 Å². The van der Waals surface area contributed by atoms with E-state index in [2.05, 4.69) is 5.32 Å². The maximum absolute atomic E-state index is 14.6. The van der Waals surface area contributed by atoms with E-state index in [1.807, 2.05) is 44.2 Å². The van der Waals surface area contributed by atoms with Crippen LogP contribution < -0.4 is 9.62 Å². The van der Waals surface area contributed by atoms with Crippen molar-refractivity contribution in [1.82, 2.24) is 10.2 Å². The Morgan fingerprint density at radius 1 is 0.800 bits per heavy atom. The average molecular weight is 667 g/mol. The molecule has 0 aliphatic carbocycles. The van der Waals surface area contributed by atoms with E-state index in [9.17, 15) is 18.0 Å². The summed E-state index contributed by atoms with van der Waals surface area (Å²) < 4.78 is 29.4. The minimum Gasteiger partial charge on any atom is -0.354 e. The molecule has 0 aliphatic rings. The predicted molar refractivity (Wildman–Crippen MR) is 181 cm³/mol. The van der Waals surface area contributed by atoms with Crippen molar-refractivity contribution in [1.29, 1.82) is 0 Å². The summed E-state index contributed by atoms with van der Waals surface area (Å²) in [5.41, 5.74) is 2.23. The summed E-state index contributed by atoms with van der Waals surface area (Å²) >= 11 is 13.0. The van der Waals surface area contributed by atoms with Crippen LogP contribution in [0, 0.1) is 12.8 Å². The fourth-order valence-electron chi connectivity index (χ4n) is 4.89. The van der Waals surface area contributed by atoms with Gasteiger partial charge in [0.1, 0.15) is 12.6 Å². The minimum absolute atomic E-state index is 0.0150. The van der Waals surface area contributed by atoms with Crippen molar-refractivity contribution in [2.75, 3.05) is 17.4 Å². The summed E-state index contributed by atoms with van der Waals surface area (Å²) in [6, 6.07) is 28.4. The Balaban J connectivity index is 1.83. The quantitative estimate of drug-likeness (QED) is 0.168. The van der Waals surface area contributed by atoms with Gasteiger partial charge in [-0.1, -0.05) is 110 Å². The van der Waals surface area contributed by atoms with Crippen molar-refractivity contribution in [3.63, 3.8) is 0 Å². The monoisotopic (exact) mass is 665 g/mol. The molecule has 236 valence electrons. The van der Waals surface area contributed by atoms with Gasteiger partial charge in [0, 0.05) is 29.6 Å². The summed E-state index contributed by atoms with van der Waals surface area (Å²) in [6.45, 7) is 5.49. The number of nitrogens with zero attached hydrogens (tertiary/aromatic N) is 2. The largest absolute Gasteiger partial charge is 0.354 e. The second-order valence-corrected chi connectivity index (χ2v) is 13.8. The van der Waals surface area contributed by atoms with E-state index in [1.165, 1.54) is 17.0 Å². The molecule has 1 atom stereocenters. The fourth-order valence-corrected chi connectivity index (χ4v) is 6.74. The van der Waals surface area contributed by atoms with E-state index in [0.29, 0.717) is 27.7 Å². The van der Waals surface area contributed by atoms with Crippen LogP contribution in [0.25, 0.3) is 0 Å². The molecule has 2 amide bonds. The summed E-state index contributed by atoms with van der Waals surface area (Å²) in [6.07, 6.45) is 0.211. The number of carbonyl (C=O) groups excluding carboxylic acids is 2. The third-order valence-corrected chi connectivity index (χ3v) is 9.92. The van der Waals surface area contributed by atoms with E-state index < -0.39 is 28.5 Å². The summed E-state index contributed by atoms with van der Waals surface area (Å²) in [7, 11) is -4.23. The van der Waals surface area contributed by atoms with Crippen LogP contribution in [0.2, 0.25) is 10.0 Å². The fraction of sp³-hybridized carbons (Fsp3) is 0.257. The zero-order chi connectivity index (χ0) is 32.6. The zero-order valence-electron chi connectivity index (χ0n) is 25.5. The van der Waals surface area contributed by atoms with E-state index >= 15 is 0 Å². The lowest BCUT2D eigenvalue weighted by Gasteiger charge is -2.34. The van der Waals surface area contributed by atoms with Crippen LogP contribution in [0.15, 0.2) is 108 Å². The first kappa shape index (κ1) is 34.0. The second kappa shape index (κ2) is 15.4. The van der Waals surface area contributed by atoms with Gasteiger partial charge in [-0.15, -0.1) is 0 Å². The highest BCUT2D eigenvalue weighted by Crippen LogP contribution is 2.31. The third-order valence-electron chi connectivity index (χ3n) is 7.37. The molecule has 45 heavy (non-hydrogen) atoms. The maximum Gasteiger partial charge on any atom is 0.264 e. The molecule has 4 rings (SSSR count). The third kappa shape index (κ3) is 8.66. The number of benzene rings is 4. The Labute approximate surface area is 275 Å². The number of hydrogen-bond donors (Lipinski definition) is 1. The lowest BCUT2D eigenvalue weighted by molar-refractivity contribution is -0.140. The smallest absolute Gasteiger partial charge is 0.264 e. The highest BCUT2D eigenvalue weighted by Gasteiger charge is 2.35. The zero-order valence-corrected chi connectivity index (χ0v) is 27.8. The molecule has 0 aromatic heterocycles. The summed E-state index contributed by atoms with van der Waals surface area (Å²) in [4.78, 5) is 29.9. The first-order valence-corrected chi connectivity index (χ1v) is 16.9. The van der Waals surface area contributed by atoms with Crippen LogP contribution in [-0.2, 0) is 32.6 Å². The molecule has 0 saturated heterocycles. The second-order valence-electron chi connectivity index (χ2n) is 11.2. The lowest BCUT2D eigenvalue weighted by atomic mass is 10.0. The van der Waals surface area contributed by atoms with Gasteiger partial charge in [0.05, 0.1) is 10.6 Å². The van der Waals surface area contributed by atoms with E-state index in [0.717, 1.165) is 9.87 Å². The summed E-state index contributed by atoms with van der Waals surface area (Å²) in [5, 5.41) is 3.76. The Morgan fingerprint density at radius 2 is 1.40 bits per heavy atom. The molecule has 0 fully saturated rings. The van der Waals surface area contributed by atoms with Crippen LogP contribution in [0.4, 0.5) is 5.69 Å². The van der Waals surface area contributed by atoms with Crippen LogP contribution in [-0.4, -0.2) is 44.3 Å². The lowest BCUT2D eigenvalue weighted by Crippen LogP contribution is -2.53. The van der Waals surface area contributed by atoms with Gasteiger partial charge in [-0.25, -0.2) is 8.42 Å². The molecule has 7 nitrogen and oxygen atoms in total. The van der Waals surface area contributed by atoms with Crippen LogP contribution >= 0.6 is 23.2 Å². The molecular formula is C35H37Cl2N3O4S. The van der Waals surface area contributed by atoms with Crippen LogP contribution in [0.3, 0.4) is 0 Å². The molecule has 0 saturated carbocycles. The molecular weight excluding hydrogens is 629 g/mol. The molecule has 0 heterocycles. The first-order valence-electron chi connectivity index (χ1n) is 14.7. The minimum atomic E-state index is -4.23. The molecule has 1 unspecified atom stereocenters. The van der Waals surface area contributed by atoms with Crippen LogP contribution in [0.1, 0.15) is 30.5 Å². The number of anilines is 1. The average Bonchev–Trinajstić information content (AvgIpc) is 3.03. The van der Waals surface area contributed by atoms with Crippen molar-refractivity contribution < 1.29 is 18.0 Å². The molecule has 4 aromatic rings. The molecule has 0 aliphatic heterocycles. The normalized spacial score (nSPS) is 12.0. The number of halogens is 2.